The molecule has 0 spiro atoms. The summed E-state index contributed by atoms with van der Waals surface area (Å²) in [7, 11) is 1.69. The van der Waals surface area contributed by atoms with Gasteiger partial charge in [-0.1, -0.05) is 0 Å². The van der Waals surface area contributed by atoms with E-state index in [1.165, 1.54) is 11.1 Å². The van der Waals surface area contributed by atoms with Gasteiger partial charge in [-0.05, 0) is 80.0 Å². The van der Waals surface area contributed by atoms with Crippen LogP contribution in [0.3, 0.4) is 0 Å². The largest absolute Gasteiger partial charge is 0.385 e. The van der Waals surface area contributed by atoms with E-state index in [2.05, 4.69) is 35.1 Å². The van der Waals surface area contributed by atoms with Gasteiger partial charge in [0.05, 0.1) is 12.6 Å². The first kappa shape index (κ1) is 21.7. The fourth-order valence-corrected chi connectivity index (χ4v) is 3.86. The van der Waals surface area contributed by atoms with Crippen molar-refractivity contribution >= 4 is 28.2 Å². The molecular formula is C22H31N3O3S. The molecule has 1 fully saturated rings. The van der Waals surface area contributed by atoms with Gasteiger partial charge in [-0.3, -0.25) is 4.79 Å². The minimum atomic E-state index is -0.0692. The standard InChI is InChI=1S/C22H31N3O3S/c1-15-10-17-12-18(21(26)24-20(17)11-16(15)2)13-25(14-19-6-4-9-28-19)22(29)23-7-5-8-27-3/h10-12,19H,4-9,13-14H2,1-3H3,(H,23,29)(H,24,26). The van der Waals surface area contributed by atoms with E-state index >= 15 is 0 Å². The maximum atomic E-state index is 12.7. The molecule has 1 unspecified atom stereocenters. The lowest BCUT2D eigenvalue weighted by Gasteiger charge is -2.28. The van der Waals surface area contributed by atoms with Crippen molar-refractivity contribution in [2.45, 2.75) is 45.8 Å². The van der Waals surface area contributed by atoms with Crippen LogP contribution in [0.4, 0.5) is 0 Å². The van der Waals surface area contributed by atoms with Crippen LogP contribution in [0.2, 0.25) is 0 Å². The predicted molar refractivity (Wildman–Crippen MR) is 121 cm³/mol. The highest BCUT2D eigenvalue weighted by molar-refractivity contribution is 7.80. The monoisotopic (exact) mass is 417 g/mol. The molecule has 0 radical (unpaired) electrons. The Morgan fingerprint density at radius 3 is 2.86 bits per heavy atom. The molecule has 29 heavy (non-hydrogen) atoms. The Labute approximate surface area is 177 Å². The number of benzene rings is 1. The van der Waals surface area contributed by atoms with Gasteiger partial charge in [0, 0.05) is 44.5 Å². The van der Waals surface area contributed by atoms with Gasteiger partial charge in [-0.15, -0.1) is 0 Å². The zero-order valence-electron chi connectivity index (χ0n) is 17.5. The Kier molecular flexibility index (Phi) is 7.64. The molecule has 6 nitrogen and oxygen atoms in total. The number of thiocarbonyl (C=S) groups is 1. The second-order valence-corrected chi connectivity index (χ2v) is 8.13. The maximum absolute atomic E-state index is 12.7. The van der Waals surface area contributed by atoms with Crippen LogP contribution in [-0.4, -0.2) is 54.5 Å². The third-order valence-corrected chi connectivity index (χ3v) is 5.84. The summed E-state index contributed by atoms with van der Waals surface area (Å²) >= 11 is 5.64. The van der Waals surface area contributed by atoms with Gasteiger partial charge < -0.3 is 24.7 Å². The van der Waals surface area contributed by atoms with Crippen LogP contribution in [0.25, 0.3) is 10.9 Å². The summed E-state index contributed by atoms with van der Waals surface area (Å²) < 4.78 is 10.9. The predicted octanol–water partition coefficient (Wildman–Crippen LogP) is 3.04. The van der Waals surface area contributed by atoms with Crippen LogP contribution in [0.15, 0.2) is 23.0 Å². The first-order valence-corrected chi connectivity index (χ1v) is 10.6. The van der Waals surface area contributed by atoms with Crippen molar-refractivity contribution in [3.05, 3.63) is 45.2 Å². The number of hydrogen-bond donors (Lipinski definition) is 2. The molecule has 1 aromatic heterocycles. The lowest BCUT2D eigenvalue weighted by atomic mass is 10.0. The number of aryl methyl sites for hydroxylation is 2. The number of aromatic amines is 1. The van der Waals surface area contributed by atoms with Crippen molar-refractivity contribution in [3.63, 3.8) is 0 Å². The van der Waals surface area contributed by atoms with Crippen molar-refractivity contribution in [1.29, 1.82) is 0 Å². The molecule has 2 aromatic rings. The number of ether oxygens (including phenoxy) is 2. The highest BCUT2D eigenvalue weighted by atomic mass is 32.1. The fourth-order valence-electron chi connectivity index (χ4n) is 3.62. The van der Waals surface area contributed by atoms with Crippen LogP contribution < -0.4 is 10.9 Å². The van der Waals surface area contributed by atoms with Crippen LogP contribution in [-0.2, 0) is 16.0 Å². The Morgan fingerprint density at radius 1 is 1.34 bits per heavy atom. The Hall–Kier alpha value is -1.96. The molecule has 7 heteroatoms. The zero-order chi connectivity index (χ0) is 20.8. The number of fused-ring (bicyclic) bond motifs is 1. The zero-order valence-corrected chi connectivity index (χ0v) is 18.4. The second-order valence-electron chi connectivity index (χ2n) is 7.74. The summed E-state index contributed by atoms with van der Waals surface area (Å²) in [6.07, 6.45) is 3.12. The number of hydrogen-bond acceptors (Lipinski definition) is 4. The second kappa shape index (κ2) is 10.2. The molecule has 0 amide bonds. The number of H-pyrrole nitrogens is 1. The third-order valence-electron chi connectivity index (χ3n) is 5.43. The van der Waals surface area contributed by atoms with Crippen molar-refractivity contribution in [1.82, 2.24) is 15.2 Å². The minimum absolute atomic E-state index is 0.0692. The average Bonchev–Trinajstić information content (AvgIpc) is 3.20. The van der Waals surface area contributed by atoms with Gasteiger partial charge in [0.1, 0.15) is 0 Å². The average molecular weight is 418 g/mol. The summed E-state index contributed by atoms with van der Waals surface area (Å²) in [5.74, 6) is 0. The van der Waals surface area contributed by atoms with E-state index in [4.69, 9.17) is 21.7 Å². The van der Waals surface area contributed by atoms with Crippen LogP contribution >= 0.6 is 12.2 Å². The number of nitrogens with one attached hydrogen (secondary N) is 2. The van der Waals surface area contributed by atoms with Crippen molar-refractivity contribution in [2.24, 2.45) is 0 Å². The quantitative estimate of drug-likeness (QED) is 0.508. The summed E-state index contributed by atoms with van der Waals surface area (Å²) in [5.41, 5.74) is 3.89. The molecule has 0 bridgehead atoms. The van der Waals surface area contributed by atoms with Gasteiger partial charge in [0.2, 0.25) is 0 Å². The first-order valence-electron chi connectivity index (χ1n) is 10.2. The van der Waals surface area contributed by atoms with E-state index < -0.39 is 0 Å². The molecule has 0 aliphatic carbocycles. The molecule has 0 saturated carbocycles. The van der Waals surface area contributed by atoms with E-state index in [-0.39, 0.29) is 11.7 Å². The molecule has 3 rings (SSSR count). The van der Waals surface area contributed by atoms with Crippen molar-refractivity contribution < 1.29 is 9.47 Å². The lowest BCUT2D eigenvalue weighted by molar-refractivity contribution is 0.0896. The van der Waals surface area contributed by atoms with Crippen molar-refractivity contribution in [3.8, 4) is 0 Å². The van der Waals surface area contributed by atoms with Gasteiger partial charge in [0.15, 0.2) is 5.11 Å². The molecule has 1 atom stereocenters. The Balaban J connectivity index is 1.79. The number of aromatic nitrogens is 1. The lowest BCUT2D eigenvalue weighted by Crippen LogP contribution is -2.44. The van der Waals surface area contributed by atoms with E-state index in [0.29, 0.717) is 30.4 Å². The Bertz CT molecular complexity index is 906. The molecular weight excluding hydrogens is 386 g/mol. The van der Waals surface area contributed by atoms with E-state index in [1.807, 2.05) is 12.1 Å². The van der Waals surface area contributed by atoms with Gasteiger partial charge in [0.25, 0.3) is 5.56 Å². The molecule has 2 heterocycles. The molecule has 1 saturated heterocycles. The molecule has 1 aromatic carbocycles. The summed E-state index contributed by atoms with van der Waals surface area (Å²) in [4.78, 5) is 17.8. The van der Waals surface area contributed by atoms with Gasteiger partial charge >= 0.3 is 0 Å². The summed E-state index contributed by atoms with van der Waals surface area (Å²) in [6, 6.07) is 6.13. The van der Waals surface area contributed by atoms with Gasteiger partial charge in [-0.25, -0.2) is 0 Å². The summed E-state index contributed by atoms with van der Waals surface area (Å²) in [6.45, 7) is 7.49. The highest BCUT2D eigenvalue weighted by Gasteiger charge is 2.22. The molecule has 1 aliphatic heterocycles. The number of methoxy groups -OCH3 is 1. The maximum Gasteiger partial charge on any atom is 0.253 e. The Morgan fingerprint density at radius 2 is 2.14 bits per heavy atom. The van der Waals surface area contributed by atoms with E-state index in [0.717, 1.165) is 43.3 Å². The molecule has 2 N–H and O–H groups in total. The molecule has 158 valence electrons. The third kappa shape index (κ3) is 5.78. The summed E-state index contributed by atoms with van der Waals surface area (Å²) in [5, 5.41) is 4.98. The number of nitrogens with zero attached hydrogens (tertiary/aromatic N) is 1. The topological polar surface area (TPSA) is 66.6 Å². The fraction of sp³-hybridized carbons (Fsp3) is 0.545. The van der Waals surface area contributed by atoms with E-state index in [1.54, 1.807) is 7.11 Å². The van der Waals surface area contributed by atoms with Crippen LogP contribution in [0.1, 0.15) is 36.0 Å². The van der Waals surface area contributed by atoms with Crippen LogP contribution in [0.5, 0.6) is 0 Å². The first-order chi connectivity index (χ1) is 14.0. The number of rotatable bonds is 8. The SMILES string of the molecule is COCCCNC(=S)N(Cc1cc2cc(C)c(C)cc2[nH]c1=O)CC1CCCO1. The normalized spacial score (nSPS) is 16.3. The molecule has 1 aliphatic rings. The van der Waals surface area contributed by atoms with Crippen molar-refractivity contribution in [2.75, 3.05) is 33.4 Å². The number of pyridine rings is 1. The minimum Gasteiger partial charge on any atom is -0.385 e. The van der Waals surface area contributed by atoms with Crippen LogP contribution in [0, 0.1) is 13.8 Å². The van der Waals surface area contributed by atoms with Gasteiger partial charge in [-0.2, -0.15) is 0 Å². The smallest absolute Gasteiger partial charge is 0.253 e. The highest BCUT2D eigenvalue weighted by Crippen LogP contribution is 2.19. The van der Waals surface area contributed by atoms with E-state index in [9.17, 15) is 4.79 Å².